The van der Waals surface area contributed by atoms with Crippen molar-refractivity contribution < 1.29 is 30.6 Å². The van der Waals surface area contributed by atoms with Gasteiger partial charge in [-0.1, -0.05) is 6.08 Å². The van der Waals surface area contributed by atoms with E-state index in [9.17, 15) is 30.6 Å². The van der Waals surface area contributed by atoms with Gasteiger partial charge in [0, 0.05) is 22.3 Å². The molecule has 1 aliphatic rings. The molecule has 0 aromatic heterocycles. The number of rotatable bonds is 6. The minimum atomic E-state index is -0.318. The normalized spacial score (nSPS) is 16.9. The van der Waals surface area contributed by atoms with E-state index in [0.717, 1.165) is 29.5 Å². The lowest BCUT2D eigenvalue weighted by atomic mass is 9.80. The van der Waals surface area contributed by atoms with Gasteiger partial charge in [0.15, 0.2) is 0 Å². The first-order valence-electron chi connectivity index (χ1n) is 9.34. The third kappa shape index (κ3) is 3.91. The number of hydrogen-bond donors (Lipinski definition) is 6. The molecule has 0 bridgehead atoms. The van der Waals surface area contributed by atoms with Crippen molar-refractivity contribution in [2.24, 2.45) is 0 Å². The van der Waals surface area contributed by atoms with Crippen LogP contribution in [0, 0.1) is 0 Å². The highest BCUT2D eigenvalue weighted by atomic mass is 16.3. The molecule has 0 radical (unpaired) electrons. The average Bonchev–Trinajstić information content (AvgIpc) is 2.74. The number of hydrogen-bond acceptors (Lipinski definition) is 6. The third-order valence-corrected chi connectivity index (χ3v) is 5.45. The van der Waals surface area contributed by atoms with Crippen molar-refractivity contribution in [2.75, 3.05) is 0 Å². The maximum Gasteiger partial charge on any atom is 0.126 e. The zero-order valence-corrected chi connectivity index (χ0v) is 15.6. The Balaban J connectivity index is 1.94. The predicted octanol–water partition coefficient (Wildman–Crippen LogP) is 2.42. The average molecular weight is 386 g/mol. The SMILES string of the molecule is OCc1cc(C2=CCCC(c3cc(CO)c(O)c(CO)c3)C2)cc(CO)c1O. The molecule has 0 aliphatic heterocycles. The minimum absolute atomic E-state index is 0.0703. The van der Waals surface area contributed by atoms with E-state index in [2.05, 4.69) is 6.08 Å². The summed E-state index contributed by atoms with van der Waals surface area (Å²) >= 11 is 0. The zero-order valence-electron chi connectivity index (χ0n) is 15.6. The van der Waals surface area contributed by atoms with E-state index in [4.69, 9.17) is 0 Å². The molecule has 28 heavy (non-hydrogen) atoms. The summed E-state index contributed by atoms with van der Waals surface area (Å²) in [5.74, 6) is -0.0142. The van der Waals surface area contributed by atoms with Gasteiger partial charge in [-0.05, 0) is 66.1 Å². The molecule has 6 nitrogen and oxygen atoms in total. The second kappa shape index (κ2) is 8.75. The maximum atomic E-state index is 10.1. The molecule has 0 fully saturated rings. The summed E-state index contributed by atoms with van der Waals surface area (Å²) in [6.45, 7) is -1.25. The summed E-state index contributed by atoms with van der Waals surface area (Å²) in [5.41, 5.74) is 4.38. The first-order valence-corrected chi connectivity index (χ1v) is 9.34. The van der Waals surface area contributed by atoms with Gasteiger partial charge in [-0.25, -0.2) is 0 Å². The van der Waals surface area contributed by atoms with Crippen LogP contribution in [0.4, 0.5) is 0 Å². The molecule has 0 spiro atoms. The number of allylic oxidation sites excluding steroid dienone is 2. The lowest BCUT2D eigenvalue weighted by Crippen LogP contribution is -2.07. The van der Waals surface area contributed by atoms with Crippen molar-refractivity contribution in [3.8, 4) is 11.5 Å². The molecule has 2 aromatic rings. The van der Waals surface area contributed by atoms with Crippen LogP contribution in [-0.2, 0) is 26.4 Å². The van der Waals surface area contributed by atoms with Crippen molar-refractivity contribution in [2.45, 2.75) is 51.6 Å². The Morgan fingerprint density at radius 2 is 1.18 bits per heavy atom. The lowest BCUT2D eigenvalue weighted by molar-refractivity contribution is 0.263. The molecule has 0 heterocycles. The van der Waals surface area contributed by atoms with Crippen LogP contribution in [0.25, 0.3) is 5.57 Å². The molecule has 0 saturated carbocycles. The molecule has 6 heteroatoms. The Bertz CT molecular complexity index is 837. The monoisotopic (exact) mass is 386 g/mol. The molecule has 0 amide bonds. The summed E-state index contributed by atoms with van der Waals surface area (Å²) in [6, 6.07) is 7.02. The molecule has 6 N–H and O–H groups in total. The van der Waals surface area contributed by atoms with Crippen molar-refractivity contribution in [1.82, 2.24) is 0 Å². The third-order valence-electron chi connectivity index (χ3n) is 5.45. The van der Waals surface area contributed by atoms with Crippen LogP contribution in [0.15, 0.2) is 30.3 Å². The highest BCUT2D eigenvalue weighted by Gasteiger charge is 2.22. The van der Waals surface area contributed by atoms with Crippen LogP contribution in [0.3, 0.4) is 0 Å². The first kappa shape index (κ1) is 20.4. The molecular weight excluding hydrogens is 360 g/mol. The summed E-state index contributed by atoms with van der Waals surface area (Å²) in [5, 5.41) is 58.2. The topological polar surface area (TPSA) is 121 Å². The van der Waals surface area contributed by atoms with Gasteiger partial charge in [0.2, 0.25) is 0 Å². The predicted molar refractivity (Wildman–Crippen MR) is 104 cm³/mol. The van der Waals surface area contributed by atoms with E-state index < -0.39 is 0 Å². The van der Waals surface area contributed by atoms with E-state index in [-0.39, 0.29) is 43.8 Å². The summed E-state index contributed by atoms with van der Waals surface area (Å²) < 4.78 is 0. The standard InChI is InChI=1S/C22H26O6/c23-9-17-5-15(6-18(10-24)21(17)27)13-2-1-3-14(4-13)16-7-19(11-25)22(28)20(8-16)12-26/h2,5-8,14,23-28H,1,3-4,9-12H2. The Morgan fingerprint density at radius 1 is 0.714 bits per heavy atom. The van der Waals surface area contributed by atoms with Crippen LogP contribution in [-0.4, -0.2) is 30.6 Å². The molecule has 0 saturated heterocycles. The first-order chi connectivity index (χ1) is 13.5. The summed E-state index contributed by atoms with van der Waals surface area (Å²) in [7, 11) is 0. The van der Waals surface area contributed by atoms with Gasteiger partial charge in [-0.2, -0.15) is 0 Å². The van der Waals surface area contributed by atoms with Crippen LogP contribution < -0.4 is 0 Å². The molecule has 1 aliphatic carbocycles. The quantitative estimate of drug-likeness (QED) is 0.453. The Hall–Kier alpha value is -2.38. The molecule has 1 unspecified atom stereocenters. The summed E-state index contributed by atoms with van der Waals surface area (Å²) in [6.07, 6.45) is 4.53. The molecule has 150 valence electrons. The van der Waals surface area contributed by atoms with Gasteiger partial charge < -0.3 is 30.6 Å². The largest absolute Gasteiger partial charge is 0.507 e. The lowest BCUT2D eigenvalue weighted by Gasteiger charge is -2.25. The van der Waals surface area contributed by atoms with E-state index in [1.165, 1.54) is 0 Å². The van der Waals surface area contributed by atoms with Crippen LogP contribution >= 0.6 is 0 Å². The number of aromatic hydroxyl groups is 2. The number of aliphatic hydroxyl groups is 4. The number of phenols is 2. The number of benzene rings is 2. The van der Waals surface area contributed by atoms with Gasteiger partial charge in [-0.3, -0.25) is 0 Å². The minimum Gasteiger partial charge on any atom is -0.507 e. The van der Waals surface area contributed by atoms with Crippen molar-refractivity contribution in [1.29, 1.82) is 0 Å². The molecule has 1 atom stereocenters. The fourth-order valence-electron chi connectivity index (χ4n) is 3.88. The van der Waals surface area contributed by atoms with Gasteiger partial charge in [0.1, 0.15) is 11.5 Å². The van der Waals surface area contributed by atoms with Gasteiger partial charge in [0.05, 0.1) is 26.4 Å². The number of aliphatic hydroxyl groups excluding tert-OH is 4. The smallest absolute Gasteiger partial charge is 0.126 e. The van der Waals surface area contributed by atoms with Crippen LogP contribution in [0.2, 0.25) is 0 Å². The molecule has 3 rings (SSSR count). The fraction of sp³-hybridized carbons (Fsp3) is 0.364. The maximum absolute atomic E-state index is 10.1. The van der Waals surface area contributed by atoms with Gasteiger partial charge in [0.25, 0.3) is 0 Å². The molecule has 2 aromatic carbocycles. The van der Waals surface area contributed by atoms with Crippen LogP contribution in [0.1, 0.15) is 58.6 Å². The summed E-state index contributed by atoms with van der Waals surface area (Å²) in [4.78, 5) is 0. The Kier molecular flexibility index (Phi) is 6.36. The van der Waals surface area contributed by atoms with Gasteiger partial charge in [-0.15, -0.1) is 0 Å². The van der Waals surface area contributed by atoms with Crippen molar-refractivity contribution >= 4 is 5.57 Å². The van der Waals surface area contributed by atoms with E-state index >= 15 is 0 Å². The Morgan fingerprint density at radius 3 is 1.64 bits per heavy atom. The fourth-order valence-corrected chi connectivity index (χ4v) is 3.88. The van der Waals surface area contributed by atoms with Gasteiger partial charge >= 0.3 is 0 Å². The molecular formula is C22H26O6. The van der Waals surface area contributed by atoms with Crippen molar-refractivity contribution in [3.05, 3.63) is 63.7 Å². The van der Waals surface area contributed by atoms with Crippen molar-refractivity contribution in [3.63, 3.8) is 0 Å². The highest BCUT2D eigenvalue weighted by molar-refractivity contribution is 5.70. The van der Waals surface area contributed by atoms with E-state index in [1.807, 2.05) is 0 Å². The zero-order chi connectivity index (χ0) is 20.3. The van der Waals surface area contributed by atoms with E-state index in [1.54, 1.807) is 24.3 Å². The Labute approximate surface area is 163 Å². The second-order valence-electron chi connectivity index (χ2n) is 7.17. The second-order valence-corrected chi connectivity index (χ2v) is 7.17. The van der Waals surface area contributed by atoms with Crippen LogP contribution in [0.5, 0.6) is 11.5 Å². The highest BCUT2D eigenvalue weighted by Crippen LogP contribution is 2.40. The van der Waals surface area contributed by atoms with E-state index in [0.29, 0.717) is 28.7 Å².